The molecule has 11 heteroatoms. The lowest BCUT2D eigenvalue weighted by Crippen LogP contribution is -2.55. The van der Waals surface area contributed by atoms with Crippen molar-refractivity contribution in [1.29, 1.82) is 0 Å². The van der Waals surface area contributed by atoms with Gasteiger partial charge in [-0.05, 0) is 51.5 Å². The van der Waals surface area contributed by atoms with E-state index < -0.39 is 18.3 Å². The van der Waals surface area contributed by atoms with E-state index in [1.807, 2.05) is 32.0 Å². The number of ether oxygens (including phenoxy) is 1. The number of rotatable bonds is 6. The average molecular weight is 471 g/mol. The topological polar surface area (TPSA) is 103 Å². The van der Waals surface area contributed by atoms with E-state index in [0.29, 0.717) is 28.7 Å². The highest BCUT2D eigenvalue weighted by Crippen LogP contribution is 2.34. The summed E-state index contributed by atoms with van der Waals surface area (Å²) >= 11 is 0. The molecule has 0 aliphatic heterocycles. The van der Waals surface area contributed by atoms with Gasteiger partial charge in [-0.3, -0.25) is 4.98 Å². The molecule has 0 aliphatic rings. The fourth-order valence-corrected chi connectivity index (χ4v) is 3.33. The summed E-state index contributed by atoms with van der Waals surface area (Å²) in [5.74, 6) is 2.07. The maximum absolute atomic E-state index is 13.2. The first kappa shape index (κ1) is 23.4. The first-order chi connectivity index (χ1) is 15.9. The van der Waals surface area contributed by atoms with Crippen molar-refractivity contribution >= 4 is 17.2 Å². The van der Waals surface area contributed by atoms with Crippen molar-refractivity contribution in [2.75, 3.05) is 11.9 Å². The van der Waals surface area contributed by atoms with E-state index in [0.717, 1.165) is 23.7 Å². The van der Waals surface area contributed by atoms with Crippen LogP contribution in [0.15, 0.2) is 42.7 Å². The molecule has 0 unspecified atom stereocenters. The van der Waals surface area contributed by atoms with Gasteiger partial charge in [-0.15, -0.1) is 0 Å². The molecular formula is C23H24F3N7O. The van der Waals surface area contributed by atoms with Gasteiger partial charge in [-0.2, -0.15) is 18.3 Å². The minimum atomic E-state index is -4.61. The van der Waals surface area contributed by atoms with Crippen LogP contribution in [0.5, 0.6) is 5.75 Å². The molecule has 4 heterocycles. The molecule has 0 aliphatic carbocycles. The summed E-state index contributed by atoms with van der Waals surface area (Å²) in [5, 5.41) is 7.67. The zero-order valence-corrected chi connectivity index (χ0v) is 19.1. The van der Waals surface area contributed by atoms with Crippen LogP contribution in [0.2, 0.25) is 0 Å². The van der Waals surface area contributed by atoms with Crippen LogP contribution in [0.1, 0.15) is 24.1 Å². The molecule has 0 spiro atoms. The van der Waals surface area contributed by atoms with E-state index in [-0.39, 0.29) is 5.75 Å². The number of fused-ring (bicyclic) bond motifs is 1. The predicted molar refractivity (Wildman–Crippen MR) is 122 cm³/mol. The van der Waals surface area contributed by atoms with Crippen molar-refractivity contribution in [3.8, 4) is 16.9 Å². The van der Waals surface area contributed by atoms with E-state index in [1.54, 1.807) is 29.8 Å². The molecule has 178 valence electrons. The van der Waals surface area contributed by atoms with Gasteiger partial charge >= 0.3 is 6.18 Å². The fourth-order valence-electron chi connectivity index (χ4n) is 3.33. The first-order valence-electron chi connectivity index (χ1n) is 10.5. The molecule has 8 nitrogen and oxygen atoms in total. The van der Waals surface area contributed by atoms with Crippen LogP contribution in [0, 0.1) is 20.8 Å². The van der Waals surface area contributed by atoms with Gasteiger partial charge in [0.2, 0.25) is 0 Å². The lowest BCUT2D eigenvalue weighted by Gasteiger charge is -2.27. The van der Waals surface area contributed by atoms with Crippen LogP contribution in [-0.2, 0) is 0 Å². The zero-order chi connectivity index (χ0) is 24.7. The Kier molecular flexibility index (Phi) is 5.90. The fraction of sp³-hybridized carbons (Fsp3) is 0.304. The third kappa shape index (κ3) is 4.93. The Hall–Kier alpha value is -3.73. The number of hydrogen-bond donors (Lipinski definition) is 2. The number of halogens is 3. The SMILES string of the molecule is Cc1cc(-c2ccn3nc(Nc4cc(C)nc(C)n4)cc3c2)c(OC[C@@](C)(N)C(F)(F)F)cn1. The van der Waals surface area contributed by atoms with Crippen LogP contribution in [-0.4, -0.2) is 42.9 Å². The van der Waals surface area contributed by atoms with Gasteiger partial charge in [-0.25, -0.2) is 14.5 Å². The molecule has 0 fully saturated rings. The molecule has 0 amide bonds. The van der Waals surface area contributed by atoms with Crippen molar-refractivity contribution < 1.29 is 17.9 Å². The number of alkyl halides is 3. The van der Waals surface area contributed by atoms with Crippen LogP contribution in [0.25, 0.3) is 16.6 Å². The highest BCUT2D eigenvalue weighted by molar-refractivity contribution is 5.75. The number of nitrogens with two attached hydrogens (primary N) is 1. The molecule has 0 saturated carbocycles. The molecule has 0 radical (unpaired) electrons. The number of nitrogens with one attached hydrogen (secondary N) is 1. The first-order valence-corrected chi connectivity index (χ1v) is 10.5. The second kappa shape index (κ2) is 8.56. The van der Waals surface area contributed by atoms with Gasteiger partial charge in [0.1, 0.15) is 29.5 Å². The Labute approximate surface area is 194 Å². The molecule has 0 bridgehead atoms. The van der Waals surface area contributed by atoms with E-state index in [1.165, 1.54) is 6.20 Å². The molecule has 0 saturated heterocycles. The highest BCUT2D eigenvalue weighted by atomic mass is 19.4. The number of aromatic nitrogens is 5. The number of aryl methyl sites for hydroxylation is 3. The van der Waals surface area contributed by atoms with Crippen LogP contribution in [0.3, 0.4) is 0 Å². The monoisotopic (exact) mass is 471 g/mol. The second-order valence-corrected chi connectivity index (χ2v) is 8.41. The van der Waals surface area contributed by atoms with Crippen molar-refractivity contribution in [3.05, 3.63) is 59.9 Å². The number of pyridine rings is 2. The van der Waals surface area contributed by atoms with Crippen molar-refractivity contribution in [2.24, 2.45) is 5.73 Å². The van der Waals surface area contributed by atoms with Crippen molar-refractivity contribution in [3.63, 3.8) is 0 Å². The smallest absolute Gasteiger partial charge is 0.409 e. The molecule has 4 aromatic rings. The summed E-state index contributed by atoms with van der Waals surface area (Å²) in [7, 11) is 0. The van der Waals surface area contributed by atoms with E-state index >= 15 is 0 Å². The van der Waals surface area contributed by atoms with Gasteiger partial charge in [0.15, 0.2) is 5.82 Å². The normalized spacial score (nSPS) is 13.6. The minimum Gasteiger partial charge on any atom is -0.489 e. The molecule has 4 aromatic heterocycles. The third-order valence-electron chi connectivity index (χ3n) is 5.18. The summed E-state index contributed by atoms with van der Waals surface area (Å²) in [6.45, 7) is 5.64. The molecular weight excluding hydrogens is 447 g/mol. The Balaban J connectivity index is 1.64. The molecule has 0 aromatic carbocycles. The van der Waals surface area contributed by atoms with E-state index in [2.05, 4.69) is 25.4 Å². The second-order valence-electron chi connectivity index (χ2n) is 8.41. The molecule has 4 rings (SSSR count). The largest absolute Gasteiger partial charge is 0.489 e. The molecule has 3 N–H and O–H groups in total. The Morgan fingerprint density at radius 2 is 1.79 bits per heavy atom. The van der Waals surface area contributed by atoms with Gasteiger partial charge < -0.3 is 15.8 Å². The maximum atomic E-state index is 13.2. The summed E-state index contributed by atoms with van der Waals surface area (Å²) in [6.07, 6.45) is -1.44. The lowest BCUT2D eigenvalue weighted by molar-refractivity contribution is -0.187. The van der Waals surface area contributed by atoms with Gasteiger partial charge in [0.25, 0.3) is 0 Å². The lowest BCUT2D eigenvalue weighted by atomic mass is 10.0. The van der Waals surface area contributed by atoms with Crippen molar-refractivity contribution in [1.82, 2.24) is 24.6 Å². The minimum absolute atomic E-state index is 0.209. The summed E-state index contributed by atoms with van der Waals surface area (Å²) in [4.78, 5) is 12.8. The number of anilines is 2. The molecule has 1 atom stereocenters. The Bertz CT molecular complexity index is 1330. The summed E-state index contributed by atoms with van der Waals surface area (Å²) in [5.41, 5.74) is 6.55. The van der Waals surface area contributed by atoms with Crippen LogP contribution >= 0.6 is 0 Å². The van der Waals surface area contributed by atoms with E-state index in [9.17, 15) is 13.2 Å². The highest BCUT2D eigenvalue weighted by Gasteiger charge is 2.49. The third-order valence-corrected chi connectivity index (χ3v) is 5.18. The predicted octanol–water partition coefficient (Wildman–Crippen LogP) is 4.51. The van der Waals surface area contributed by atoms with Crippen LogP contribution in [0.4, 0.5) is 24.8 Å². The van der Waals surface area contributed by atoms with Gasteiger partial charge in [0.05, 0.1) is 11.7 Å². The van der Waals surface area contributed by atoms with Gasteiger partial charge in [-0.1, -0.05) is 0 Å². The maximum Gasteiger partial charge on any atom is 0.409 e. The zero-order valence-electron chi connectivity index (χ0n) is 19.1. The quantitative estimate of drug-likeness (QED) is 0.426. The average Bonchev–Trinajstić information content (AvgIpc) is 3.12. The standard InChI is InChI=1S/C23H24F3N7O/c1-13-7-18(19(11-28-13)34-12-22(4,27)23(24,25)26)16-5-6-33-17(9-16)10-21(32-33)31-20-8-14(2)29-15(3)30-20/h5-11H,12,27H2,1-4H3,(H,29,30,31,32)/t22-/m1/s1. The molecule has 34 heavy (non-hydrogen) atoms. The summed E-state index contributed by atoms with van der Waals surface area (Å²) < 4.78 is 46.7. The summed E-state index contributed by atoms with van der Waals surface area (Å²) in [6, 6.07) is 9.07. The van der Waals surface area contributed by atoms with Crippen LogP contribution < -0.4 is 15.8 Å². The number of nitrogens with zero attached hydrogens (tertiary/aromatic N) is 5. The Morgan fingerprint density at radius 1 is 1.03 bits per heavy atom. The van der Waals surface area contributed by atoms with Crippen molar-refractivity contribution in [2.45, 2.75) is 39.4 Å². The Morgan fingerprint density at radius 3 is 2.50 bits per heavy atom. The van der Waals surface area contributed by atoms with E-state index in [4.69, 9.17) is 10.5 Å². The van der Waals surface area contributed by atoms with Gasteiger partial charge in [0, 0.05) is 35.3 Å². The number of hydrogen-bond acceptors (Lipinski definition) is 7.